The average molecular weight is 342 g/mol. The molecule has 0 amide bonds. The van der Waals surface area contributed by atoms with Crippen molar-refractivity contribution < 1.29 is 22.6 Å². The second kappa shape index (κ2) is 7.72. The first-order chi connectivity index (χ1) is 8.95. The van der Waals surface area contributed by atoms with Crippen molar-refractivity contribution in [3.05, 3.63) is 28.2 Å². The van der Waals surface area contributed by atoms with Gasteiger partial charge in [-0.15, -0.1) is 0 Å². The van der Waals surface area contributed by atoms with Gasteiger partial charge in [0.05, 0.1) is 25.4 Å². The quantitative estimate of drug-likeness (QED) is 0.769. The molecule has 1 N–H and O–H groups in total. The second-order valence-electron chi connectivity index (χ2n) is 3.72. The van der Waals surface area contributed by atoms with Crippen molar-refractivity contribution in [2.45, 2.75) is 6.18 Å². The first kappa shape index (κ1) is 16.3. The molecule has 0 saturated heterocycles. The Bertz CT molecular complexity index is 399. The number of hydrogen-bond donors (Lipinski definition) is 1. The van der Waals surface area contributed by atoms with Crippen LogP contribution >= 0.6 is 15.9 Å². The van der Waals surface area contributed by atoms with E-state index in [-0.39, 0.29) is 5.69 Å². The summed E-state index contributed by atoms with van der Waals surface area (Å²) in [5.74, 6) is 0. The summed E-state index contributed by atoms with van der Waals surface area (Å²) >= 11 is 3.03. The van der Waals surface area contributed by atoms with Crippen molar-refractivity contribution in [3.63, 3.8) is 0 Å². The highest BCUT2D eigenvalue weighted by Gasteiger charge is 2.33. The number of nitrogens with one attached hydrogen (secondary N) is 1. The molecule has 0 aliphatic rings. The predicted molar refractivity (Wildman–Crippen MR) is 70.3 cm³/mol. The maximum absolute atomic E-state index is 12.8. The molecular weight excluding hydrogens is 327 g/mol. The van der Waals surface area contributed by atoms with Crippen LogP contribution in [0.1, 0.15) is 5.56 Å². The summed E-state index contributed by atoms with van der Waals surface area (Å²) in [6, 6.07) is 4.00. The third-order valence-corrected chi connectivity index (χ3v) is 2.77. The van der Waals surface area contributed by atoms with E-state index in [9.17, 15) is 13.2 Å². The predicted octanol–water partition coefficient (Wildman–Crippen LogP) is 3.54. The van der Waals surface area contributed by atoms with Gasteiger partial charge in [-0.05, 0) is 18.2 Å². The molecule has 0 bridgehead atoms. The van der Waals surface area contributed by atoms with Crippen LogP contribution in [-0.2, 0) is 15.7 Å². The summed E-state index contributed by atoms with van der Waals surface area (Å²) < 4.78 is 48.7. The van der Waals surface area contributed by atoms with Crippen molar-refractivity contribution in [1.29, 1.82) is 0 Å². The van der Waals surface area contributed by atoms with E-state index in [1.165, 1.54) is 6.07 Å². The zero-order valence-corrected chi connectivity index (χ0v) is 12.0. The number of anilines is 1. The molecule has 0 fully saturated rings. The minimum Gasteiger partial charge on any atom is -0.382 e. The van der Waals surface area contributed by atoms with Gasteiger partial charge in [0.25, 0.3) is 0 Å². The molecule has 1 aromatic rings. The van der Waals surface area contributed by atoms with Gasteiger partial charge in [-0.3, -0.25) is 0 Å². The highest BCUT2D eigenvalue weighted by Crippen LogP contribution is 2.36. The normalized spacial score (nSPS) is 11.6. The molecule has 0 atom stereocenters. The Hall–Kier alpha value is -0.790. The van der Waals surface area contributed by atoms with Crippen LogP contribution in [0.5, 0.6) is 0 Å². The van der Waals surface area contributed by atoms with E-state index in [1.807, 2.05) is 0 Å². The van der Waals surface area contributed by atoms with Gasteiger partial charge in [-0.2, -0.15) is 13.2 Å². The fraction of sp³-hybridized carbons (Fsp3) is 0.500. The molecule has 7 heteroatoms. The van der Waals surface area contributed by atoms with Crippen LogP contribution < -0.4 is 5.32 Å². The third-order valence-electron chi connectivity index (χ3n) is 2.28. The Kier molecular flexibility index (Phi) is 6.60. The van der Waals surface area contributed by atoms with Crippen LogP contribution in [0.2, 0.25) is 0 Å². The lowest BCUT2D eigenvalue weighted by molar-refractivity contribution is -0.137. The van der Waals surface area contributed by atoms with Gasteiger partial charge in [0.1, 0.15) is 0 Å². The summed E-state index contributed by atoms with van der Waals surface area (Å²) in [6.07, 6.45) is -4.39. The number of halogens is 4. The summed E-state index contributed by atoms with van der Waals surface area (Å²) in [4.78, 5) is 0. The van der Waals surface area contributed by atoms with E-state index in [1.54, 1.807) is 13.2 Å². The molecule has 3 nitrogen and oxygen atoms in total. The van der Waals surface area contributed by atoms with Gasteiger partial charge >= 0.3 is 6.18 Å². The molecule has 108 valence electrons. The number of rotatable bonds is 7. The minimum absolute atomic E-state index is 0.0473. The van der Waals surface area contributed by atoms with E-state index >= 15 is 0 Å². The van der Waals surface area contributed by atoms with E-state index in [4.69, 9.17) is 9.47 Å². The molecule has 0 aliphatic carbocycles. The first-order valence-electron chi connectivity index (χ1n) is 5.62. The molecule has 0 spiro atoms. The van der Waals surface area contributed by atoms with Crippen molar-refractivity contribution in [1.82, 2.24) is 0 Å². The zero-order chi connectivity index (χ0) is 14.3. The Morgan fingerprint density at radius 2 is 1.95 bits per heavy atom. The average Bonchev–Trinajstić information content (AvgIpc) is 2.34. The van der Waals surface area contributed by atoms with Gasteiger partial charge in [0.2, 0.25) is 0 Å². The number of alkyl halides is 3. The second-order valence-corrected chi connectivity index (χ2v) is 4.64. The van der Waals surface area contributed by atoms with E-state index in [0.29, 0.717) is 30.8 Å². The Morgan fingerprint density at radius 3 is 2.58 bits per heavy atom. The molecule has 0 aliphatic heterocycles. The maximum Gasteiger partial charge on any atom is 0.418 e. The molecule has 0 radical (unpaired) electrons. The Balaban J connectivity index is 2.54. The smallest absolute Gasteiger partial charge is 0.382 e. The molecule has 0 saturated carbocycles. The number of hydrogen-bond acceptors (Lipinski definition) is 3. The van der Waals surface area contributed by atoms with Gasteiger partial charge in [-0.1, -0.05) is 15.9 Å². The molecule has 19 heavy (non-hydrogen) atoms. The van der Waals surface area contributed by atoms with E-state index < -0.39 is 11.7 Å². The zero-order valence-electron chi connectivity index (χ0n) is 10.4. The minimum atomic E-state index is -4.39. The lowest BCUT2D eigenvalue weighted by Gasteiger charge is -2.15. The van der Waals surface area contributed by atoms with Crippen LogP contribution in [0.15, 0.2) is 22.7 Å². The summed E-state index contributed by atoms with van der Waals surface area (Å²) in [5, 5.41) is 2.72. The molecule has 1 rings (SSSR count). The standard InChI is InChI=1S/C12H15BrF3NO2/c1-18-6-7-19-5-4-17-11-3-2-9(13)8-10(11)12(14,15)16/h2-3,8,17H,4-7H2,1H3. The third kappa shape index (κ3) is 5.80. The van der Waals surface area contributed by atoms with Crippen LogP contribution in [0.3, 0.4) is 0 Å². The van der Waals surface area contributed by atoms with Crippen molar-refractivity contribution in [3.8, 4) is 0 Å². The van der Waals surface area contributed by atoms with Crippen molar-refractivity contribution in [2.24, 2.45) is 0 Å². The van der Waals surface area contributed by atoms with Gasteiger partial charge in [0.15, 0.2) is 0 Å². The Morgan fingerprint density at radius 1 is 1.21 bits per heavy atom. The van der Waals surface area contributed by atoms with Gasteiger partial charge in [-0.25, -0.2) is 0 Å². The molecule has 0 heterocycles. The van der Waals surface area contributed by atoms with E-state index in [2.05, 4.69) is 21.2 Å². The number of ether oxygens (including phenoxy) is 2. The first-order valence-corrected chi connectivity index (χ1v) is 6.41. The lowest BCUT2D eigenvalue weighted by Crippen LogP contribution is -2.15. The van der Waals surface area contributed by atoms with Gasteiger partial charge < -0.3 is 14.8 Å². The van der Waals surface area contributed by atoms with Gasteiger partial charge in [0, 0.05) is 23.8 Å². The van der Waals surface area contributed by atoms with Crippen molar-refractivity contribution >= 4 is 21.6 Å². The van der Waals surface area contributed by atoms with E-state index in [0.717, 1.165) is 6.07 Å². The summed E-state index contributed by atoms with van der Waals surface area (Å²) in [5.41, 5.74) is -0.648. The van der Waals surface area contributed by atoms with Crippen LogP contribution in [-0.4, -0.2) is 33.5 Å². The topological polar surface area (TPSA) is 30.5 Å². The lowest BCUT2D eigenvalue weighted by atomic mass is 10.1. The molecule has 0 aromatic heterocycles. The highest BCUT2D eigenvalue weighted by atomic mass is 79.9. The highest BCUT2D eigenvalue weighted by molar-refractivity contribution is 9.10. The molecular formula is C12H15BrF3NO2. The van der Waals surface area contributed by atoms with Crippen LogP contribution in [0.25, 0.3) is 0 Å². The maximum atomic E-state index is 12.8. The SMILES string of the molecule is COCCOCCNc1ccc(Br)cc1C(F)(F)F. The van der Waals surface area contributed by atoms with Crippen LogP contribution in [0.4, 0.5) is 18.9 Å². The van der Waals surface area contributed by atoms with Crippen molar-refractivity contribution in [2.75, 3.05) is 38.8 Å². The summed E-state index contributed by atoms with van der Waals surface area (Å²) in [6.45, 7) is 1.50. The largest absolute Gasteiger partial charge is 0.418 e. The fourth-order valence-electron chi connectivity index (χ4n) is 1.41. The molecule has 1 aromatic carbocycles. The fourth-order valence-corrected chi connectivity index (χ4v) is 1.77. The summed E-state index contributed by atoms with van der Waals surface area (Å²) in [7, 11) is 1.55. The molecule has 0 unspecified atom stereocenters. The number of methoxy groups -OCH3 is 1. The number of benzene rings is 1. The Labute approximate surface area is 118 Å². The van der Waals surface area contributed by atoms with Crippen LogP contribution in [0, 0.1) is 0 Å². The monoisotopic (exact) mass is 341 g/mol.